The first kappa shape index (κ1) is 13.7. The molecule has 1 aromatic rings. The molecule has 0 radical (unpaired) electrons. The molecular formula is C14H20ClNO2. The van der Waals surface area contributed by atoms with E-state index in [-0.39, 0.29) is 12.5 Å². The van der Waals surface area contributed by atoms with Gasteiger partial charge in [0.05, 0.1) is 18.7 Å². The Kier molecular flexibility index (Phi) is 4.87. The summed E-state index contributed by atoms with van der Waals surface area (Å²) < 4.78 is 5.15. The molecule has 0 amide bonds. The summed E-state index contributed by atoms with van der Waals surface area (Å²) in [5.41, 5.74) is 1.11. The number of ether oxygens (including phenoxy) is 1. The SMILES string of the molecule is COc1ccc(C(CO)C2CCNCC2)cc1Cl. The average molecular weight is 270 g/mol. The van der Waals surface area contributed by atoms with Gasteiger partial charge in [-0.1, -0.05) is 17.7 Å². The summed E-state index contributed by atoms with van der Waals surface area (Å²) in [4.78, 5) is 0. The molecule has 1 aliphatic rings. The van der Waals surface area contributed by atoms with Gasteiger partial charge in [-0.25, -0.2) is 0 Å². The zero-order valence-corrected chi connectivity index (χ0v) is 11.4. The second-order valence-corrected chi connectivity index (χ2v) is 5.18. The van der Waals surface area contributed by atoms with Crippen LogP contribution < -0.4 is 10.1 Å². The number of benzene rings is 1. The Morgan fingerprint density at radius 2 is 2.17 bits per heavy atom. The van der Waals surface area contributed by atoms with Crippen LogP contribution in [0.3, 0.4) is 0 Å². The van der Waals surface area contributed by atoms with Crippen LogP contribution >= 0.6 is 11.6 Å². The maximum atomic E-state index is 9.65. The lowest BCUT2D eigenvalue weighted by molar-refractivity contribution is 0.201. The molecule has 100 valence electrons. The molecule has 3 nitrogen and oxygen atoms in total. The van der Waals surface area contributed by atoms with Gasteiger partial charge in [0.2, 0.25) is 0 Å². The number of nitrogens with one attached hydrogen (secondary N) is 1. The second-order valence-electron chi connectivity index (χ2n) is 4.77. The third-order valence-corrected chi connectivity index (χ3v) is 4.05. The van der Waals surface area contributed by atoms with Gasteiger partial charge in [-0.2, -0.15) is 0 Å². The number of hydrogen-bond acceptors (Lipinski definition) is 3. The predicted octanol–water partition coefficient (Wildman–Crippen LogP) is 2.42. The van der Waals surface area contributed by atoms with Crippen LogP contribution in [0.15, 0.2) is 18.2 Å². The Labute approximate surface area is 113 Å². The lowest BCUT2D eigenvalue weighted by Gasteiger charge is -2.30. The number of rotatable bonds is 4. The Bertz CT molecular complexity index is 391. The standard InChI is InChI=1S/C14H20ClNO2/c1-18-14-3-2-11(8-13(14)15)12(9-17)10-4-6-16-7-5-10/h2-3,8,10,12,16-17H,4-7,9H2,1H3. The van der Waals surface area contributed by atoms with E-state index in [1.54, 1.807) is 7.11 Å². The molecule has 1 saturated heterocycles. The molecule has 0 spiro atoms. The van der Waals surface area contributed by atoms with E-state index in [0.717, 1.165) is 31.5 Å². The van der Waals surface area contributed by atoms with Crippen molar-refractivity contribution < 1.29 is 9.84 Å². The Morgan fingerprint density at radius 1 is 1.44 bits per heavy atom. The summed E-state index contributed by atoms with van der Waals surface area (Å²) in [5, 5.41) is 13.6. The van der Waals surface area contributed by atoms with Crippen molar-refractivity contribution in [2.45, 2.75) is 18.8 Å². The first-order valence-corrected chi connectivity index (χ1v) is 6.79. The summed E-state index contributed by atoms with van der Waals surface area (Å²) in [6.07, 6.45) is 2.21. The molecule has 1 unspecified atom stereocenters. The van der Waals surface area contributed by atoms with Gasteiger partial charge in [-0.05, 0) is 49.5 Å². The molecule has 2 N–H and O–H groups in total. The average Bonchev–Trinajstić information content (AvgIpc) is 2.41. The summed E-state index contributed by atoms with van der Waals surface area (Å²) in [7, 11) is 1.61. The van der Waals surface area contributed by atoms with Gasteiger partial charge in [0, 0.05) is 5.92 Å². The Morgan fingerprint density at radius 3 is 2.72 bits per heavy atom. The molecule has 0 aliphatic carbocycles. The lowest BCUT2D eigenvalue weighted by Crippen LogP contribution is -2.32. The summed E-state index contributed by atoms with van der Waals surface area (Å²) in [6, 6.07) is 5.80. The van der Waals surface area contributed by atoms with Gasteiger partial charge in [0.1, 0.15) is 5.75 Å². The molecule has 1 aliphatic heterocycles. The van der Waals surface area contributed by atoms with Gasteiger partial charge in [0.25, 0.3) is 0 Å². The maximum absolute atomic E-state index is 9.65. The quantitative estimate of drug-likeness (QED) is 0.882. The van der Waals surface area contributed by atoms with Gasteiger partial charge >= 0.3 is 0 Å². The van der Waals surface area contributed by atoms with Crippen LogP contribution in [-0.4, -0.2) is 31.9 Å². The highest BCUT2D eigenvalue weighted by atomic mass is 35.5. The van der Waals surface area contributed by atoms with Gasteiger partial charge < -0.3 is 15.2 Å². The van der Waals surface area contributed by atoms with Crippen LogP contribution in [0, 0.1) is 5.92 Å². The van der Waals surface area contributed by atoms with Crippen molar-refractivity contribution in [2.24, 2.45) is 5.92 Å². The molecule has 18 heavy (non-hydrogen) atoms. The minimum atomic E-state index is 0.174. The smallest absolute Gasteiger partial charge is 0.137 e. The van der Waals surface area contributed by atoms with Crippen LogP contribution in [0.1, 0.15) is 24.3 Å². The van der Waals surface area contributed by atoms with E-state index in [1.165, 1.54) is 0 Å². The third-order valence-electron chi connectivity index (χ3n) is 3.75. The summed E-state index contributed by atoms with van der Waals surface area (Å²) >= 11 is 6.15. The largest absolute Gasteiger partial charge is 0.495 e. The molecule has 2 rings (SSSR count). The van der Waals surface area contributed by atoms with Crippen molar-refractivity contribution in [3.63, 3.8) is 0 Å². The fourth-order valence-corrected chi connectivity index (χ4v) is 2.95. The van der Waals surface area contributed by atoms with E-state index in [2.05, 4.69) is 5.32 Å². The van der Waals surface area contributed by atoms with Gasteiger partial charge in [-0.3, -0.25) is 0 Å². The maximum Gasteiger partial charge on any atom is 0.137 e. The highest BCUT2D eigenvalue weighted by molar-refractivity contribution is 6.32. The zero-order valence-electron chi connectivity index (χ0n) is 10.7. The lowest BCUT2D eigenvalue weighted by atomic mass is 9.81. The molecule has 0 bridgehead atoms. The van der Waals surface area contributed by atoms with Crippen molar-refractivity contribution in [1.82, 2.24) is 5.32 Å². The summed E-state index contributed by atoms with van der Waals surface area (Å²) in [5.74, 6) is 1.39. The highest BCUT2D eigenvalue weighted by Crippen LogP contribution is 2.34. The summed E-state index contributed by atoms with van der Waals surface area (Å²) in [6.45, 7) is 2.24. The monoisotopic (exact) mass is 269 g/mol. The van der Waals surface area contributed by atoms with Crippen molar-refractivity contribution >= 4 is 11.6 Å². The van der Waals surface area contributed by atoms with Crippen molar-refractivity contribution in [2.75, 3.05) is 26.8 Å². The third kappa shape index (κ3) is 2.97. The normalized spacial score (nSPS) is 18.6. The van der Waals surface area contributed by atoms with Gasteiger partial charge in [-0.15, -0.1) is 0 Å². The number of aliphatic hydroxyl groups is 1. The highest BCUT2D eigenvalue weighted by Gasteiger charge is 2.24. The fourth-order valence-electron chi connectivity index (χ4n) is 2.69. The zero-order chi connectivity index (χ0) is 13.0. The van der Waals surface area contributed by atoms with Crippen molar-refractivity contribution in [3.05, 3.63) is 28.8 Å². The van der Waals surface area contributed by atoms with E-state index >= 15 is 0 Å². The van der Waals surface area contributed by atoms with Crippen LogP contribution in [0.2, 0.25) is 5.02 Å². The number of methoxy groups -OCH3 is 1. The molecule has 0 aromatic heterocycles. The minimum Gasteiger partial charge on any atom is -0.495 e. The van der Waals surface area contributed by atoms with Crippen LogP contribution in [0.5, 0.6) is 5.75 Å². The Hall–Kier alpha value is -0.770. The number of aliphatic hydroxyl groups excluding tert-OH is 1. The van der Waals surface area contributed by atoms with Gasteiger partial charge in [0.15, 0.2) is 0 Å². The number of hydrogen-bond donors (Lipinski definition) is 2. The van der Waals surface area contributed by atoms with Crippen LogP contribution in [0.4, 0.5) is 0 Å². The van der Waals surface area contributed by atoms with Crippen molar-refractivity contribution in [3.8, 4) is 5.75 Å². The molecule has 1 heterocycles. The first-order valence-electron chi connectivity index (χ1n) is 6.41. The Balaban J connectivity index is 2.18. The molecule has 1 aromatic carbocycles. The van der Waals surface area contributed by atoms with E-state index in [9.17, 15) is 5.11 Å². The number of piperidine rings is 1. The fraction of sp³-hybridized carbons (Fsp3) is 0.571. The van der Waals surface area contributed by atoms with E-state index in [0.29, 0.717) is 16.7 Å². The van der Waals surface area contributed by atoms with Crippen LogP contribution in [0.25, 0.3) is 0 Å². The van der Waals surface area contributed by atoms with E-state index in [1.807, 2.05) is 18.2 Å². The second kappa shape index (κ2) is 6.41. The van der Waals surface area contributed by atoms with E-state index in [4.69, 9.17) is 16.3 Å². The predicted molar refractivity (Wildman–Crippen MR) is 73.4 cm³/mol. The molecule has 1 atom stereocenters. The molecule has 1 fully saturated rings. The molecule has 4 heteroatoms. The van der Waals surface area contributed by atoms with Crippen molar-refractivity contribution in [1.29, 1.82) is 0 Å². The van der Waals surface area contributed by atoms with Crippen LogP contribution in [-0.2, 0) is 0 Å². The van der Waals surface area contributed by atoms with E-state index < -0.39 is 0 Å². The topological polar surface area (TPSA) is 41.5 Å². The molecular weight excluding hydrogens is 250 g/mol. The first-order chi connectivity index (χ1) is 8.76. The minimum absolute atomic E-state index is 0.174. The number of halogens is 1. The molecule has 0 saturated carbocycles.